The first-order valence-corrected chi connectivity index (χ1v) is 16.6. The van der Waals surface area contributed by atoms with Crippen molar-refractivity contribution in [1.29, 1.82) is 5.26 Å². The van der Waals surface area contributed by atoms with Crippen LogP contribution in [0.3, 0.4) is 0 Å². The average molecular weight is 635 g/mol. The maximum atomic E-state index is 13.7. The fourth-order valence-electron chi connectivity index (χ4n) is 6.73. The molecule has 3 aliphatic rings. The average Bonchev–Trinajstić information content (AvgIpc) is 3.43. The Hall–Kier alpha value is -3.78. The van der Waals surface area contributed by atoms with Crippen molar-refractivity contribution in [2.24, 2.45) is 5.41 Å². The fraction of sp³-hybridized carbons (Fsp3) is 0.364. The van der Waals surface area contributed by atoms with Crippen molar-refractivity contribution >= 4 is 33.4 Å². The van der Waals surface area contributed by atoms with Gasteiger partial charge in [0.1, 0.15) is 11.9 Å². The lowest BCUT2D eigenvalue weighted by molar-refractivity contribution is 0.0424. The molecule has 6 rings (SSSR count). The Kier molecular flexibility index (Phi) is 8.22. The zero-order valence-corrected chi connectivity index (χ0v) is 25.6. The molecule has 0 bridgehead atoms. The number of carbonyl (C=O) groups excluding carboxylic acids is 2. The Morgan fingerprint density at radius 1 is 0.977 bits per heavy atom. The number of hydrogen-bond donors (Lipinski definition) is 1. The van der Waals surface area contributed by atoms with Gasteiger partial charge in [-0.05, 0) is 97.5 Å². The van der Waals surface area contributed by atoms with Gasteiger partial charge < -0.3 is 10.2 Å². The van der Waals surface area contributed by atoms with Gasteiger partial charge in [0.25, 0.3) is 11.8 Å². The van der Waals surface area contributed by atoms with Crippen molar-refractivity contribution in [2.45, 2.75) is 49.5 Å². The summed E-state index contributed by atoms with van der Waals surface area (Å²) in [5, 5.41) is 12.6. The molecule has 1 aliphatic carbocycles. The lowest BCUT2D eigenvalue weighted by atomic mass is 9.71. The summed E-state index contributed by atoms with van der Waals surface area (Å²) in [5.41, 5.74) is 2.75. The summed E-state index contributed by atoms with van der Waals surface area (Å²) in [6, 6.07) is 17.5. The molecule has 3 aromatic carbocycles. The minimum Gasteiger partial charge on any atom is -0.345 e. The van der Waals surface area contributed by atoms with Gasteiger partial charge in [-0.2, -0.15) is 9.57 Å². The first-order valence-electron chi connectivity index (χ1n) is 14.8. The second-order valence-electron chi connectivity index (χ2n) is 11.9. The van der Waals surface area contributed by atoms with Crippen molar-refractivity contribution in [3.05, 3.63) is 99.3 Å². The zero-order chi connectivity index (χ0) is 31.1. The van der Waals surface area contributed by atoms with Gasteiger partial charge in [0, 0.05) is 31.7 Å². The van der Waals surface area contributed by atoms with E-state index in [1.807, 2.05) is 23.1 Å². The summed E-state index contributed by atoms with van der Waals surface area (Å²) >= 11 is 6.22. The number of nitrogens with one attached hydrogen (secondary N) is 1. The molecule has 1 unspecified atom stereocenters. The third-order valence-corrected chi connectivity index (χ3v) is 11.7. The first kappa shape index (κ1) is 30.3. The summed E-state index contributed by atoms with van der Waals surface area (Å²) in [4.78, 5) is 28.3. The number of likely N-dealkylation sites (tertiary alicyclic amines) is 1. The Morgan fingerprint density at radius 2 is 1.68 bits per heavy atom. The van der Waals surface area contributed by atoms with Gasteiger partial charge in [-0.1, -0.05) is 29.8 Å². The highest BCUT2D eigenvalue weighted by molar-refractivity contribution is 7.89. The van der Waals surface area contributed by atoms with E-state index in [4.69, 9.17) is 16.9 Å². The van der Waals surface area contributed by atoms with Gasteiger partial charge >= 0.3 is 0 Å². The van der Waals surface area contributed by atoms with Crippen molar-refractivity contribution < 1.29 is 22.4 Å². The quantitative estimate of drug-likeness (QED) is 0.400. The maximum absolute atomic E-state index is 13.7. The molecule has 1 spiro atoms. The van der Waals surface area contributed by atoms with Crippen LogP contribution in [0.4, 0.5) is 4.39 Å². The van der Waals surface area contributed by atoms with E-state index in [1.165, 1.54) is 10.4 Å². The molecule has 8 nitrogen and oxygen atoms in total. The van der Waals surface area contributed by atoms with E-state index in [-0.39, 0.29) is 33.7 Å². The second kappa shape index (κ2) is 12.0. The fourth-order valence-corrected chi connectivity index (χ4v) is 8.42. The van der Waals surface area contributed by atoms with Crippen LogP contribution in [0.5, 0.6) is 0 Å². The van der Waals surface area contributed by atoms with Crippen LogP contribution in [-0.4, -0.2) is 55.6 Å². The third-order valence-electron chi connectivity index (χ3n) is 9.48. The number of hydrogen-bond acceptors (Lipinski definition) is 5. The summed E-state index contributed by atoms with van der Waals surface area (Å²) < 4.78 is 41.6. The van der Waals surface area contributed by atoms with E-state index in [1.54, 1.807) is 30.3 Å². The molecule has 1 N–H and O–H groups in total. The highest BCUT2D eigenvalue weighted by Crippen LogP contribution is 2.43. The normalized spacial score (nSPS) is 19.8. The number of halogens is 2. The predicted molar refractivity (Wildman–Crippen MR) is 163 cm³/mol. The third kappa shape index (κ3) is 5.72. The molecule has 0 saturated carbocycles. The SMILES string of the molecule is N#Cc1cc(S(=O)(=O)N2CCC3(CCN(C(=O)c4ccc5c(c4)C(NC(=O)c4ccccc4Cl)CC5)CC3)CC2)ccc1F. The van der Waals surface area contributed by atoms with Crippen molar-refractivity contribution in [1.82, 2.24) is 14.5 Å². The maximum Gasteiger partial charge on any atom is 0.253 e. The largest absolute Gasteiger partial charge is 0.345 e. The molecule has 2 saturated heterocycles. The van der Waals surface area contributed by atoms with Gasteiger partial charge in [0.15, 0.2) is 0 Å². The molecule has 2 amide bonds. The number of rotatable bonds is 5. The van der Waals surface area contributed by atoms with Crippen molar-refractivity contribution in [3.63, 3.8) is 0 Å². The smallest absolute Gasteiger partial charge is 0.253 e. The minimum atomic E-state index is -3.84. The molecule has 2 aliphatic heterocycles. The van der Waals surface area contributed by atoms with Crippen LogP contribution in [-0.2, 0) is 16.4 Å². The second-order valence-corrected chi connectivity index (χ2v) is 14.3. The van der Waals surface area contributed by atoms with E-state index in [2.05, 4.69) is 5.32 Å². The zero-order valence-electron chi connectivity index (χ0n) is 24.1. The molecule has 0 radical (unpaired) electrons. The highest BCUT2D eigenvalue weighted by atomic mass is 35.5. The van der Waals surface area contributed by atoms with E-state index in [0.717, 1.165) is 48.9 Å². The van der Waals surface area contributed by atoms with E-state index >= 15 is 0 Å². The van der Waals surface area contributed by atoms with Crippen LogP contribution in [0.15, 0.2) is 65.6 Å². The summed E-state index contributed by atoms with van der Waals surface area (Å²) in [6.45, 7) is 1.83. The lowest BCUT2D eigenvalue weighted by Crippen LogP contribution is -2.49. The molecule has 11 heteroatoms. The Balaban J connectivity index is 1.07. The Morgan fingerprint density at radius 3 is 2.39 bits per heavy atom. The van der Waals surface area contributed by atoms with Gasteiger partial charge in [-0.25, -0.2) is 12.8 Å². The molecule has 0 aromatic heterocycles. The number of nitriles is 1. The number of amides is 2. The van der Waals surface area contributed by atoms with E-state index in [0.29, 0.717) is 55.2 Å². The predicted octanol–water partition coefficient (Wildman–Crippen LogP) is 5.48. The number of aryl methyl sites for hydroxylation is 1. The molecular formula is C33H32ClFN4O4S. The minimum absolute atomic E-state index is 0.0460. The number of sulfonamides is 1. The standard InChI is InChI=1S/C33H32ClFN4O4S/c34-28-4-2-1-3-26(28)31(40)37-30-10-7-22-5-6-23(20-27(22)30)32(41)38-15-11-33(12-16-38)13-17-39(18-14-33)44(42,43)25-8-9-29(35)24(19-25)21-36/h1-6,8-9,19-20,30H,7,10-18H2,(H,37,40). The Labute approximate surface area is 261 Å². The van der Waals surface area contributed by atoms with Crippen LogP contribution in [0.25, 0.3) is 0 Å². The molecular weight excluding hydrogens is 603 g/mol. The van der Waals surface area contributed by atoms with E-state index in [9.17, 15) is 22.4 Å². The first-order chi connectivity index (χ1) is 21.1. The topological polar surface area (TPSA) is 111 Å². The van der Waals surface area contributed by atoms with Crippen LogP contribution in [0.1, 0.15) is 75.6 Å². The number of nitrogens with zero attached hydrogens (tertiary/aromatic N) is 3. The lowest BCUT2D eigenvalue weighted by Gasteiger charge is -2.46. The van der Waals surface area contributed by atoms with Crippen molar-refractivity contribution in [2.75, 3.05) is 26.2 Å². The van der Waals surface area contributed by atoms with Crippen molar-refractivity contribution in [3.8, 4) is 6.07 Å². The Bertz CT molecular complexity index is 1770. The monoisotopic (exact) mass is 634 g/mol. The van der Waals surface area contributed by atoms with Gasteiger partial charge in [0.05, 0.1) is 27.1 Å². The van der Waals surface area contributed by atoms with Gasteiger partial charge in [-0.15, -0.1) is 0 Å². The number of carbonyl (C=O) groups is 2. The van der Waals surface area contributed by atoms with Crippen LogP contribution < -0.4 is 5.32 Å². The van der Waals surface area contributed by atoms with Gasteiger partial charge in [-0.3, -0.25) is 9.59 Å². The van der Waals surface area contributed by atoms with Crippen LogP contribution in [0, 0.1) is 22.6 Å². The number of piperidine rings is 2. The molecule has 1 atom stereocenters. The molecule has 2 heterocycles. The number of fused-ring (bicyclic) bond motifs is 1. The summed E-state index contributed by atoms with van der Waals surface area (Å²) in [6.07, 6.45) is 4.48. The van der Waals surface area contributed by atoms with Crippen LogP contribution >= 0.6 is 11.6 Å². The molecule has 228 valence electrons. The van der Waals surface area contributed by atoms with Crippen LogP contribution in [0.2, 0.25) is 5.02 Å². The number of benzene rings is 3. The van der Waals surface area contributed by atoms with Gasteiger partial charge in [0.2, 0.25) is 10.0 Å². The molecule has 2 fully saturated rings. The summed E-state index contributed by atoms with van der Waals surface area (Å²) in [5.74, 6) is -1.03. The van der Waals surface area contributed by atoms with E-state index < -0.39 is 15.8 Å². The molecule has 3 aromatic rings. The summed E-state index contributed by atoms with van der Waals surface area (Å²) in [7, 11) is -3.84. The highest BCUT2D eigenvalue weighted by Gasteiger charge is 2.41. The molecule has 44 heavy (non-hydrogen) atoms.